The average molecular weight is 419 g/mol. The van der Waals surface area contributed by atoms with Crippen LogP contribution in [0.4, 0.5) is 0 Å². The van der Waals surface area contributed by atoms with Crippen LogP contribution in [0.3, 0.4) is 0 Å². The number of carbonyl (C=O) groups is 1. The second-order valence-corrected chi connectivity index (χ2v) is 8.81. The van der Waals surface area contributed by atoms with Gasteiger partial charge in [-0.05, 0) is 56.3 Å². The van der Waals surface area contributed by atoms with Crippen molar-refractivity contribution >= 4 is 15.7 Å². The summed E-state index contributed by atoms with van der Waals surface area (Å²) in [7, 11) is -1.98. The first-order chi connectivity index (χ1) is 13.9. The highest BCUT2D eigenvalue weighted by molar-refractivity contribution is 7.92. The minimum atomic E-state index is -3.50. The van der Waals surface area contributed by atoms with Crippen LogP contribution in [0.25, 0.3) is 0 Å². The summed E-state index contributed by atoms with van der Waals surface area (Å²) in [4.78, 5) is 14.5. The summed E-state index contributed by atoms with van der Waals surface area (Å²) in [5.41, 5.74) is 0.442. The van der Waals surface area contributed by atoms with Crippen molar-refractivity contribution in [3.63, 3.8) is 0 Å². The summed E-state index contributed by atoms with van der Waals surface area (Å²) in [6.07, 6.45) is 0. The van der Waals surface area contributed by atoms with Crippen molar-refractivity contribution in [2.75, 3.05) is 33.4 Å². The number of rotatable bonds is 8. The Bertz CT molecular complexity index is 965. The van der Waals surface area contributed by atoms with Gasteiger partial charge in [-0.2, -0.15) is 0 Å². The number of benzene rings is 2. The molecule has 1 saturated heterocycles. The Morgan fingerprint density at radius 2 is 1.62 bits per heavy atom. The molecule has 8 heteroatoms. The molecule has 1 aliphatic heterocycles. The first-order valence-corrected chi connectivity index (χ1v) is 11.0. The highest BCUT2D eigenvalue weighted by Crippen LogP contribution is 2.31. The molecule has 7 nitrogen and oxygen atoms in total. The molecule has 29 heavy (non-hydrogen) atoms. The zero-order valence-electron chi connectivity index (χ0n) is 16.8. The van der Waals surface area contributed by atoms with Gasteiger partial charge in [-0.1, -0.05) is 0 Å². The maximum absolute atomic E-state index is 12.8. The molecular formula is C21H25NO6S. The maximum atomic E-state index is 12.8. The van der Waals surface area contributed by atoms with Gasteiger partial charge >= 0.3 is 0 Å². The minimum absolute atomic E-state index is 0.157. The van der Waals surface area contributed by atoms with Gasteiger partial charge in [0, 0.05) is 18.7 Å². The van der Waals surface area contributed by atoms with E-state index in [4.69, 9.17) is 14.2 Å². The van der Waals surface area contributed by atoms with Crippen molar-refractivity contribution in [3.05, 3.63) is 48.0 Å². The third kappa shape index (κ3) is 4.32. The third-order valence-electron chi connectivity index (χ3n) is 4.75. The number of methoxy groups -OCH3 is 1. The van der Waals surface area contributed by atoms with Crippen LogP contribution in [-0.2, 0) is 9.84 Å². The molecule has 0 saturated carbocycles. The number of hydrogen-bond acceptors (Lipinski definition) is 6. The van der Waals surface area contributed by atoms with Gasteiger partial charge in [-0.15, -0.1) is 0 Å². The molecule has 1 aliphatic rings. The fourth-order valence-electron chi connectivity index (χ4n) is 3.12. The molecule has 0 radical (unpaired) electrons. The first kappa shape index (κ1) is 21.0. The standard InChI is InChI=1S/C21H25NO6S/c1-4-27-19-11-6-15(12-20(19)28-5-2)21(23)22-13-18(14-22)29(24,25)17-9-7-16(26-3)8-10-17/h6-12,18H,4-5,13-14H2,1-3H3. The number of sulfone groups is 1. The molecule has 1 fully saturated rings. The Morgan fingerprint density at radius 3 is 2.21 bits per heavy atom. The van der Waals surface area contributed by atoms with E-state index >= 15 is 0 Å². The summed E-state index contributed by atoms with van der Waals surface area (Å²) >= 11 is 0. The number of ether oxygens (including phenoxy) is 3. The van der Waals surface area contributed by atoms with E-state index in [-0.39, 0.29) is 23.9 Å². The SMILES string of the molecule is CCOc1ccc(C(=O)N2CC(S(=O)(=O)c3ccc(OC)cc3)C2)cc1OCC. The predicted molar refractivity (Wildman–Crippen MR) is 109 cm³/mol. The van der Waals surface area contributed by atoms with Crippen LogP contribution in [0, 0.1) is 0 Å². The highest BCUT2D eigenvalue weighted by Gasteiger charge is 2.40. The molecule has 0 N–H and O–H groups in total. The Kier molecular flexibility index (Phi) is 6.32. The maximum Gasteiger partial charge on any atom is 0.254 e. The molecular weight excluding hydrogens is 394 g/mol. The number of likely N-dealkylation sites (tertiary alicyclic amines) is 1. The molecule has 3 rings (SSSR count). The van der Waals surface area contributed by atoms with Gasteiger partial charge in [0.25, 0.3) is 5.91 Å². The van der Waals surface area contributed by atoms with Crippen LogP contribution in [-0.4, -0.2) is 57.9 Å². The van der Waals surface area contributed by atoms with Crippen LogP contribution in [0.1, 0.15) is 24.2 Å². The van der Waals surface area contributed by atoms with Crippen LogP contribution >= 0.6 is 0 Å². The van der Waals surface area contributed by atoms with E-state index in [1.165, 1.54) is 24.1 Å². The van der Waals surface area contributed by atoms with Crippen LogP contribution in [0.2, 0.25) is 0 Å². The van der Waals surface area contributed by atoms with Crippen molar-refractivity contribution in [3.8, 4) is 17.2 Å². The normalized spacial score (nSPS) is 14.2. The quantitative estimate of drug-likeness (QED) is 0.654. The highest BCUT2D eigenvalue weighted by atomic mass is 32.2. The molecule has 2 aromatic carbocycles. The van der Waals surface area contributed by atoms with Crippen LogP contribution in [0.15, 0.2) is 47.4 Å². The summed E-state index contributed by atoms with van der Waals surface area (Å²) in [6, 6.07) is 11.3. The van der Waals surface area contributed by atoms with E-state index in [1.54, 1.807) is 30.3 Å². The second kappa shape index (κ2) is 8.73. The minimum Gasteiger partial charge on any atom is -0.497 e. The molecule has 0 atom stereocenters. The summed E-state index contributed by atoms with van der Waals surface area (Å²) < 4.78 is 41.7. The lowest BCUT2D eigenvalue weighted by Gasteiger charge is -2.38. The molecule has 0 aliphatic carbocycles. The van der Waals surface area contributed by atoms with Crippen LogP contribution < -0.4 is 14.2 Å². The zero-order valence-corrected chi connectivity index (χ0v) is 17.6. The molecule has 1 amide bonds. The number of hydrogen-bond donors (Lipinski definition) is 0. The lowest BCUT2D eigenvalue weighted by molar-refractivity contribution is 0.0658. The molecule has 156 valence electrons. The molecule has 0 bridgehead atoms. The molecule has 2 aromatic rings. The second-order valence-electron chi connectivity index (χ2n) is 6.58. The van der Waals surface area contributed by atoms with E-state index in [0.717, 1.165) is 0 Å². The Morgan fingerprint density at radius 1 is 1.00 bits per heavy atom. The van der Waals surface area contributed by atoms with Crippen molar-refractivity contribution in [2.24, 2.45) is 0 Å². The Balaban J connectivity index is 1.69. The van der Waals surface area contributed by atoms with Gasteiger partial charge < -0.3 is 19.1 Å². The fraction of sp³-hybridized carbons (Fsp3) is 0.381. The van der Waals surface area contributed by atoms with Crippen LogP contribution in [0.5, 0.6) is 17.2 Å². The number of nitrogens with zero attached hydrogens (tertiary/aromatic N) is 1. The van der Waals surface area contributed by atoms with E-state index in [9.17, 15) is 13.2 Å². The van der Waals surface area contributed by atoms with E-state index in [2.05, 4.69) is 0 Å². The van der Waals surface area contributed by atoms with Crippen molar-refractivity contribution in [1.82, 2.24) is 4.90 Å². The smallest absolute Gasteiger partial charge is 0.254 e. The summed E-state index contributed by atoms with van der Waals surface area (Å²) in [5.74, 6) is 1.45. The average Bonchev–Trinajstić information content (AvgIpc) is 2.68. The molecule has 0 spiro atoms. The molecule has 0 aromatic heterocycles. The lowest BCUT2D eigenvalue weighted by Crippen LogP contribution is -2.56. The zero-order chi connectivity index (χ0) is 21.0. The van der Waals surface area contributed by atoms with Crippen molar-refractivity contribution in [2.45, 2.75) is 24.0 Å². The molecule has 0 unspecified atom stereocenters. The van der Waals surface area contributed by atoms with E-state index in [0.29, 0.717) is 36.0 Å². The number of amides is 1. The summed E-state index contributed by atoms with van der Waals surface area (Å²) in [5, 5.41) is -0.617. The van der Waals surface area contributed by atoms with Gasteiger partial charge in [-0.25, -0.2) is 8.42 Å². The first-order valence-electron chi connectivity index (χ1n) is 9.47. The van der Waals surface area contributed by atoms with Gasteiger partial charge in [-0.3, -0.25) is 4.79 Å². The fourth-order valence-corrected chi connectivity index (χ4v) is 4.78. The van der Waals surface area contributed by atoms with Gasteiger partial charge in [0.2, 0.25) is 0 Å². The third-order valence-corrected chi connectivity index (χ3v) is 6.86. The summed E-state index contributed by atoms with van der Waals surface area (Å²) in [6.45, 7) is 4.98. The Hall–Kier alpha value is -2.74. The lowest BCUT2D eigenvalue weighted by atomic mass is 10.1. The largest absolute Gasteiger partial charge is 0.497 e. The Labute approximate surface area is 171 Å². The topological polar surface area (TPSA) is 82.1 Å². The monoisotopic (exact) mass is 419 g/mol. The number of carbonyl (C=O) groups excluding carboxylic acids is 1. The van der Waals surface area contributed by atoms with Crippen molar-refractivity contribution < 1.29 is 27.4 Å². The predicted octanol–water partition coefficient (Wildman–Crippen LogP) is 2.79. The van der Waals surface area contributed by atoms with Crippen molar-refractivity contribution in [1.29, 1.82) is 0 Å². The van der Waals surface area contributed by atoms with E-state index < -0.39 is 15.1 Å². The van der Waals surface area contributed by atoms with Gasteiger partial charge in [0.15, 0.2) is 21.3 Å². The van der Waals surface area contributed by atoms with Gasteiger partial charge in [0.05, 0.1) is 25.2 Å². The van der Waals surface area contributed by atoms with E-state index in [1.807, 2.05) is 13.8 Å². The molecule has 1 heterocycles. The van der Waals surface area contributed by atoms with Gasteiger partial charge in [0.1, 0.15) is 11.0 Å².